The van der Waals surface area contributed by atoms with Crippen LogP contribution in [0.2, 0.25) is 0 Å². The first-order valence-electron chi connectivity index (χ1n) is 7.79. The molecular weight excluding hydrogens is 250 g/mol. The number of hydrogen-bond acceptors (Lipinski definition) is 3. The minimum atomic E-state index is -0.409. The molecule has 112 valence electrons. The molecule has 3 nitrogen and oxygen atoms in total. The number of benzene rings is 1. The van der Waals surface area contributed by atoms with Gasteiger partial charge in [-0.25, -0.2) is 0 Å². The van der Waals surface area contributed by atoms with Gasteiger partial charge < -0.3 is 14.7 Å². The number of β-amino-alcohol motifs (C(OH)–C–C–N with tert-alkyl or cyclic N) is 1. The van der Waals surface area contributed by atoms with Gasteiger partial charge in [-0.2, -0.15) is 0 Å². The molecule has 3 heteroatoms. The maximum atomic E-state index is 10.1. The minimum Gasteiger partial charge on any atom is -0.491 e. The lowest BCUT2D eigenvalue weighted by Crippen LogP contribution is -2.40. The predicted molar refractivity (Wildman–Crippen MR) is 82.2 cm³/mol. The summed E-state index contributed by atoms with van der Waals surface area (Å²) in [7, 11) is 0. The van der Waals surface area contributed by atoms with Gasteiger partial charge in [0.15, 0.2) is 0 Å². The highest BCUT2D eigenvalue weighted by atomic mass is 16.5. The van der Waals surface area contributed by atoms with E-state index in [0.29, 0.717) is 6.61 Å². The van der Waals surface area contributed by atoms with Gasteiger partial charge in [-0.05, 0) is 56.0 Å². The molecule has 0 unspecified atom stereocenters. The Morgan fingerprint density at radius 1 is 1.35 bits per heavy atom. The van der Waals surface area contributed by atoms with Gasteiger partial charge in [-0.15, -0.1) is 0 Å². The van der Waals surface area contributed by atoms with Crippen molar-refractivity contribution in [2.24, 2.45) is 5.92 Å². The monoisotopic (exact) mass is 277 g/mol. The Morgan fingerprint density at radius 2 is 2.10 bits per heavy atom. The molecule has 1 saturated heterocycles. The number of likely N-dealkylation sites (tertiary alicyclic amines) is 1. The second-order valence-corrected chi connectivity index (χ2v) is 5.95. The molecule has 0 amide bonds. The molecule has 1 fully saturated rings. The number of piperidine rings is 1. The topological polar surface area (TPSA) is 32.7 Å². The first kappa shape index (κ1) is 15.3. The molecule has 0 radical (unpaired) electrons. The summed E-state index contributed by atoms with van der Waals surface area (Å²) < 4.78 is 5.70. The molecule has 0 spiro atoms. The first-order chi connectivity index (χ1) is 9.67. The number of nitrogens with zero attached hydrogens (tertiary/aromatic N) is 1. The quantitative estimate of drug-likeness (QED) is 0.868. The van der Waals surface area contributed by atoms with Crippen LogP contribution in [0.3, 0.4) is 0 Å². The van der Waals surface area contributed by atoms with E-state index < -0.39 is 6.10 Å². The van der Waals surface area contributed by atoms with Gasteiger partial charge in [0, 0.05) is 6.54 Å². The number of ether oxygens (including phenoxy) is 1. The number of aryl methyl sites for hydroxylation is 1. The van der Waals surface area contributed by atoms with E-state index in [1.165, 1.54) is 18.4 Å². The third kappa shape index (κ3) is 4.80. The van der Waals surface area contributed by atoms with Crippen LogP contribution >= 0.6 is 0 Å². The molecule has 1 aliphatic heterocycles. The molecule has 1 atom stereocenters. The van der Waals surface area contributed by atoms with E-state index in [-0.39, 0.29) is 0 Å². The van der Waals surface area contributed by atoms with Gasteiger partial charge in [0.1, 0.15) is 18.5 Å². The fourth-order valence-electron chi connectivity index (χ4n) is 2.64. The highest BCUT2D eigenvalue weighted by Gasteiger charge is 2.18. The third-order valence-electron chi connectivity index (χ3n) is 4.09. The summed E-state index contributed by atoms with van der Waals surface area (Å²) in [5.41, 5.74) is 1.27. The van der Waals surface area contributed by atoms with Crippen molar-refractivity contribution < 1.29 is 9.84 Å². The van der Waals surface area contributed by atoms with Crippen LogP contribution in [0.15, 0.2) is 24.3 Å². The number of hydrogen-bond donors (Lipinski definition) is 1. The molecule has 0 bridgehead atoms. The smallest absolute Gasteiger partial charge is 0.119 e. The predicted octanol–water partition coefficient (Wildman–Crippen LogP) is 2.72. The summed E-state index contributed by atoms with van der Waals surface area (Å²) in [6.45, 7) is 7.73. The Bertz CT molecular complexity index is 400. The van der Waals surface area contributed by atoms with Crippen molar-refractivity contribution in [3.8, 4) is 5.75 Å². The highest BCUT2D eigenvalue weighted by Crippen LogP contribution is 2.17. The Labute approximate surface area is 122 Å². The molecule has 2 rings (SSSR count). The third-order valence-corrected chi connectivity index (χ3v) is 4.09. The lowest BCUT2D eigenvalue weighted by atomic mass is 9.99. The van der Waals surface area contributed by atoms with Gasteiger partial charge in [-0.1, -0.05) is 26.0 Å². The van der Waals surface area contributed by atoms with Crippen LogP contribution in [0.1, 0.15) is 32.3 Å². The van der Waals surface area contributed by atoms with Gasteiger partial charge in [0.2, 0.25) is 0 Å². The van der Waals surface area contributed by atoms with Crippen LogP contribution in [0.4, 0.5) is 0 Å². The molecule has 1 aromatic rings. The zero-order valence-corrected chi connectivity index (χ0v) is 12.7. The molecular formula is C17H27NO2. The largest absolute Gasteiger partial charge is 0.491 e. The Hall–Kier alpha value is -1.06. The van der Waals surface area contributed by atoms with Crippen molar-refractivity contribution >= 4 is 0 Å². The van der Waals surface area contributed by atoms with E-state index in [1.807, 2.05) is 12.1 Å². The summed E-state index contributed by atoms with van der Waals surface area (Å²) in [6.07, 6.45) is 3.08. The molecule has 0 saturated carbocycles. The molecule has 1 N–H and O–H groups in total. The molecule has 1 heterocycles. The maximum Gasteiger partial charge on any atom is 0.119 e. The average Bonchev–Trinajstić information content (AvgIpc) is 2.48. The standard InChI is InChI=1S/C17H27NO2/c1-3-15-5-4-6-17(11-15)20-13-16(19)12-18-9-7-14(2)8-10-18/h4-6,11,14,16,19H,3,7-10,12-13H2,1-2H3/t16-/m0/s1. The highest BCUT2D eigenvalue weighted by molar-refractivity contribution is 5.28. The summed E-state index contributed by atoms with van der Waals surface area (Å²) in [5, 5.41) is 10.1. The van der Waals surface area contributed by atoms with Gasteiger partial charge in [-0.3, -0.25) is 0 Å². The molecule has 1 aromatic carbocycles. The van der Waals surface area contributed by atoms with Crippen molar-refractivity contribution in [2.75, 3.05) is 26.2 Å². The summed E-state index contributed by atoms with van der Waals surface area (Å²) in [6, 6.07) is 8.11. The first-order valence-corrected chi connectivity index (χ1v) is 7.79. The molecule has 0 aromatic heterocycles. The van der Waals surface area contributed by atoms with Crippen molar-refractivity contribution in [1.82, 2.24) is 4.90 Å². The van der Waals surface area contributed by atoms with Crippen LogP contribution in [-0.4, -0.2) is 42.4 Å². The Morgan fingerprint density at radius 3 is 2.80 bits per heavy atom. The molecule has 0 aliphatic carbocycles. The van der Waals surface area contributed by atoms with Crippen LogP contribution in [-0.2, 0) is 6.42 Å². The van der Waals surface area contributed by atoms with E-state index >= 15 is 0 Å². The fourth-order valence-corrected chi connectivity index (χ4v) is 2.64. The number of aliphatic hydroxyl groups excluding tert-OH is 1. The van der Waals surface area contributed by atoms with Crippen molar-refractivity contribution in [1.29, 1.82) is 0 Å². The average molecular weight is 277 g/mol. The Balaban J connectivity index is 1.73. The second-order valence-electron chi connectivity index (χ2n) is 5.95. The van der Waals surface area contributed by atoms with E-state index in [2.05, 4.69) is 30.9 Å². The second kappa shape index (κ2) is 7.65. The summed E-state index contributed by atoms with van der Waals surface area (Å²) >= 11 is 0. The van der Waals surface area contributed by atoms with Crippen LogP contribution < -0.4 is 4.74 Å². The maximum absolute atomic E-state index is 10.1. The normalized spacial score (nSPS) is 18.9. The summed E-state index contributed by atoms with van der Waals surface area (Å²) in [5.74, 6) is 1.69. The number of aliphatic hydroxyl groups is 1. The minimum absolute atomic E-state index is 0.374. The molecule has 20 heavy (non-hydrogen) atoms. The zero-order valence-electron chi connectivity index (χ0n) is 12.7. The summed E-state index contributed by atoms with van der Waals surface area (Å²) in [4.78, 5) is 2.34. The van der Waals surface area contributed by atoms with Crippen LogP contribution in [0.5, 0.6) is 5.75 Å². The van der Waals surface area contributed by atoms with Crippen LogP contribution in [0.25, 0.3) is 0 Å². The molecule has 1 aliphatic rings. The van der Waals surface area contributed by atoms with E-state index in [1.54, 1.807) is 0 Å². The van der Waals surface area contributed by atoms with Gasteiger partial charge >= 0.3 is 0 Å². The van der Waals surface area contributed by atoms with Crippen LogP contribution in [0, 0.1) is 5.92 Å². The van der Waals surface area contributed by atoms with Gasteiger partial charge in [0.05, 0.1) is 0 Å². The van der Waals surface area contributed by atoms with Crippen molar-refractivity contribution in [3.05, 3.63) is 29.8 Å². The van der Waals surface area contributed by atoms with Crippen molar-refractivity contribution in [2.45, 2.75) is 39.2 Å². The Kier molecular flexibility index (Phi) is 5.86. The van der Waals surface area contributed by atoms with E-state index in [4.69, 9.17) is 4.74 Å². The SMILES string of the molecule is CCc1cccc(OC[C@@H](O)CN2CCC(C)CC2)c1. The lowest BCUT2D eigenvalue weighted by molar-refractivity contribution is 0.0563. The lowest BCUT2D eigenvalue weighted by Gasteiger charge is -2.31. The fraction of sp³-hybridized carbons (Fsp3) is 0.647. The van der Waals surface area contributed by atoms with Gasteiger partial charge in [0.25, 0.3) is 0 Å². The zero-order chi connectivity index (χ0) is 14.4. The van der Waals surface area contributed by atoms with E-state index in [0.717, 1.165) is 37.7 Å². The number of rotatable bonds is 6. The van der Waals surface area contributed by atoms with E-state index in [9.17, 15) is 5.11 Å². The van der Waals surface area contributed by atoms with Crippen molar-refractivity contribution in [3.63, 3.8) is 0 Å².